The zero-order valence-electron chi connectivity index (χ0n) is 11.8. The number of methoxy groups -OCH3 is 1. The summed E-state index contributed by atoms with van der Waals surface area (Å²) in [5.74, 6) is 1.05. The summed E-state index contributed by atoms with van der Waals surface area (Å²) < 4.78 is 5.12. The van der Waals surface area contributed by atoms with Crippen molar-refractivity contribution in [3.63, 3.8) is 0 Å². The molecule has 1 saturated heterocycles. The van der Waals surface area contributed by atoms with E-state index in [1.54, 1.807) is 12.0 Å². The Hall–Kier alpha value is -1.81. The van der Waals surface area contributed by atoms with Gasteiger partial charge >= 0.3 is 0 Å². The molecule has 0 spiro atoms. The van der Waals surface area contributed by atoms with Gasteiger partial charge in [-0.25, -0.2) is 0 Å². The molecule has 2 rings (SSSR count). The fourth-order valence-corrected chi connectivity index (χ4v) is 2.68. The lowest BCUT2D eigenvalue weighted by Crippen LogP contribution is -2.49. The van der Waals surface area contributed by atoms with Gasteiger partial charge in [0, 0.05) is 13.0 Å². The first-order chi connectivity index (χ1) is 9.69. The second-order valence-corrected chi connectivity index (χ2v) is 5.06. The van der Waals surface area contributed by atoms with Gasteiger partial charge in [-0.1, -0.05) is 18.2 Å². The maximum absolute atomic E-state index is 12.1. The van der Waals surface area contributed by atoms with E-state index in [0.717, 1.165) is 17.7 Å². The third kappa shape index (κ3) is 3.02. The van der Waals surface area contributed by atoms with Crippen molar-refractivity contribution in [1.29, 1.82) is 0 Å². The van der Waals surface area contributed by atoms with Crippen LogP contribution < -0.4 is 4.74 Å². The molecule has 20 heavy (non-hydrogen) atoms. The zero-order chi connectivity index (χ0) is 14.5. The van der Waals surface area contributed by atoms with Crippen LogP contribution in [-0.4, -0.2) is 35.7 Å². The molecule has 2 atom stereocenters. The Bertz CT molecular complexity index is 469. The highest BCUT2D eigenvalue weighted by molar-refractivity contribution is 5.77. The number of benzene rings is 1. The van der Waals surface area contributed by atoms with Crippen molar-refractivity contribution in [1.82, 2.24) is 4.90 Å². The van der Waals surface area contributed by atoms with Crippen LogP contribution in [0.25, 0.3) is 0 Å². The number of ether oxygens (including phenoxy) is 1. The van der Waals surface area contributed by atoms with Crippen LogP contribution in [0.15, 0.2) is 36.9 Å². The Morgan fingerprint density at radius 1 is 1.45 bits per heavy atom. The molecular weight excluding hydrogens is 254 g/mol. The van der Waals surface area contributed by atoms with Crippen LogP contribution in [0.1, 0.15) is 18.4 Å². The topological polar surface area (TPSA) is 49.8 Å². The van der Waals surface area contributed by atoms with E-state index >= 15 is 0 Å². The van der Waals surface area contributed by atoms with Gasteiger partial charge < -0.3 is 14.7 Å². The van der Waals surface area contributed by atoms with Crippen molar-refractivity contribution in [2.75, 3.05) is 13.7 Å². The average molecular weight is 275 g/mol. The Labute approximate surface area is 119 Å². The quantitative estimate of drug-likeness (QED) is 0.836. The molecule has 4 heteroatoms. The number of hydrogen-bond acceptors (Lipinski definition) is 3. The Morgan fingerprint density at radius 3 is 2.70 bits per heavy atom. The number of carbonyl (C=O) groups excluding carboxylic acids is 1. The first-order valence-corrected chi connectivity index (χ1v) is 6.85. The van der Waals surface area contributed by atoms with Crippen molar-refractivity contribution in [3.05, 3.63) is 42.5 Å². The van der Waals surface area contributed by atoms with E-state index in [1.165, 1.54) is 0 Å². The molecule has 0 aromatic heterocycles. The fourth-order valence-electron chi connectivity index (χ4n) is 2.68. The number of piperidine rings is 1. The van der Waals surface area contributed by atoms with Gasteiger partial charge in [-0.05, 0) is 30.0 Å². The van der Waals surface area contributed by atoms with Crippen LogP contribution in [0.5, 0.6) is 5.75 Å². The molecule has 0 unspecified atom stereocenters. The summed E-state index contributed by atoms with van der Waals surface area (Å²) in [7, 11) is 1.62. The van der Waals surface area contributed by atoms with Crippen LogP contribution in [0, 0.1) is 5.92 Å². The highest BCUT2D eigenvalue weighted by atomic mass is 16.5. The highest BCUT2D eigenvalue weighted by Crippen LogP contribution is 2.27. The predicted molar refractivity (Wildman–Crippen MR) is 77.3 cm³/mol. The lowest BCUT2D eigenvalue weighted by atomic mass is 9.89. The maximum atomic E-state index is 12.1. The normalized spacial score (nSPS) is 22.7. The molecule has 1 aromatic rings. The molecule has 1 amide bonds. The fraction of sp³-hybridized carbons (Fsp3) is 0.438. The lowest BCUT2D eigenvalue weighted by Gasteiger charge is -2.39. The summed E-state index contributed by atoms with van der Waals surface area (Å²) in [6, 6.07) is 7.47. The van der Waals surface area contributed by atoms with Gasteiger partial charge in [0.1, 0.15) is 5.75 Å². The van der Waals surface area contributed by atoms with Gasteiger partial charge in [0.05, 0.1) is 19.8 Å². The largest absolute Gasteiger partial charge is 0.497 e. The summed E-state index contributed by atoms with van der Waals surface area (Å²) in [4.78, 5) is 13.9. The third-order valence-electron chi connectivity index (χ3n) is 3.91. The molecule has 1 aliphatic rings. The summed E-state index contributed by atoms with van der Waals surface area (Å²) >= 11 is 0. The summed E-state index contributed by atoms with van der Waals surface area (Å²) in [6.07, 6.45) is 3.13. The number of nitrogens with zero attached hydrogens (tertiary/aromatic N) is 1. The van der Waals surface area contributed by atoms with Crippen LogP contribution >= 0.6 is 0 Å². The minimum Gasteiger partial charge on any atom is -0.497 e. The number of carbonyl (C=O) groups is 1. The summed E-state index contributed by atoms with van der Waals surface area (Å²) in [5.41, 5.74) is 1.03. The van der Waals surface area contributed by atoms with Gasteiger partial charge in [-0.15, -0.1) is 6.58 Å². The van der Waals surface area contributed by atoms with Gasteiger partial charge in [-0.2, -0.15) is 0 Å². The molecule has 1 aromatic carbocycles. The van der Waals surface area contributed by atoms with Gasteiger partial charge in [0.15, 0.2) is 0 Å². The second-order valence-electron chi connectivity index (χ2n) is 5.06. The zero-order valence-corrected chi connectivity index (χ0v) is 11.8. The SMILES string of the molecule is C=C[C@@H]1CCC(=O)N(Cc2ccc(OC)cc2)[C@H]1CO. The molecule has 1 aliphatic heterocycles. The van der Waals surface area contributed by atoms with E-state index in [1.807, 2.05) is 30.3 Å². The van der Waals surface area contributed by atoms with E-state index < -0.39 is 0 Å². The molecule has 1 heterocycles. The van der Waals surface area contributed by atoms with Gasteiger partial charge in [0.2, 0.25) is 5.91 Å². The van der Waals surface area contributed by atoms with Crippen molar-refractivity contribution >= 4 is 5.91 Å². The van der Waals surface area contributed by atoms with E-state index in [-0.39, 0.29) is 24.5 Å². The number of rotatable bonds is 5. The Balaban J connectivity index is 2.14. The third-order valence-corrected chi connectivity index (χ3v) is 3.91. The Kier molecular flexibility index (Phi) is 4.79. The molecule has 0 bridgehead atoms. The van der Waals surface area contributed by atoms with Crippen molar-refractivity contribution in [3.8, 4) is 5.75 Å². The van der Waals surface area contributed by atoms with Crippen LogP contribution in [0.3, 0.4) is 0 Å². The number of amides is 1. The van der Waals surface area contributed by atoms with E-state index in [9.17, 15) is 9.90 Å². The van der Waals surface area contributed by atoms with Crippen molar-refractivity contribution < 1.29 is 14.6 Å². The van der Waals surface area contributed by atoms with Crippen LogP contribution in [0.4, 0.5) is 0 Å². The lowest BCUT2D eigenvalue weighted by molar-refractivity contribution is -0.140. The number of likely N-dealkylation sites (tertiary alicyclic amines) is 1. The smallest absolute Gasteiger partial charge is 0.223 e. The van der Waals surface area contributed by atoms with Crippen LogP contribution in [0.2, 0.25) is 0 Å². The molecule has 108 valence electrons. The number of aliphatic hydroxyl groups is 1. The minimum absolute atomic E-state index is 0.0292. The molecule has 0 aliphatic carbocycles. The first-order valence-electron chi connectivity index (χ1n) is 6.85. The average Bonchev–Trinajstić information content (AvgIpc) is 2.49. The van der Waals surface area contributed by atoms with E-state index in [0.29, 0.717) is 13.0 Å². The molecule has 0 saturated carbocycles. The molecule has 4 nitrogen and oxygen atoms in total. The minimum atomic E-state index is -0.171. The number of hydrogen-bond donors (Lipinski definition) is 1. The molecule has 0 radical (unpaired) electrons. The van der Waals surface area contributed by atoms with Crippen molar-refractivity contribution in [2.45, 2.75) is 25.4 Å². The molecule has 1 fully saturated rings. The van der Waals surface area contributed by atoms with Gasteiger partial charge in [-0.3, -0.25) is 4.79 Å². The highest BCUT2D eigenvalue weighted by Gasteiger charge is 2.33. The standard InChI is InChI=1S/C16H21NO3/c1-3-13-6-9-16(19)17(15(13)11-18)10-12-4-7-14(20-2)8-5-12/h3-5,7-8,13,15,18H,1,6,9-11H2,2H3/t13-,15+/m1/s1. The summed E-state index contributed by atoms with van der Waals surface area (Å²) in [6.45, 7) is 4.29. The second kappa shape index (κ2) is 6.57. The molecular formula is C16H21NO3. The van der Waals surface area contributed by atoms with E-state index in [2.05, 4.69) is 6.58 Å². The van der Waals surface area contributed by atoms with Gasteiger partial charge in [0.25, 0.3) is 0 Å². The van der Waals surface area contributed by atoms with E-state index in [4.69, 9.17) is 4.74 Å². The first kappa shape index (κ1) is 14.6. The Morgan fingerprint density at radius 2 is 2.15 bits per heavy atom. The summed E-state index contributed by atoms with van der Waals surface area (Å²) in [5, 5.41) is 9.58. The monoisotopic (exact) mass is 275 g/mol. The van der Waals surface area contributed by atoms with Crippen LogP contribution in [-0.2, 0) is 11.3 Å². The predicted octanol–water partition coefficient (Wildman–Crippen LogP) is 1.98. The molecule has 1 N–H and O–H groups in total. The number of aliphatic hydroxyl groups excluding tert-OH is 1. The maximum Gasteiger partial charge on any atom is 0.223 e. The van der Waals surface area contributed by atoms with Crippen molar-refractivity contribution in [2.24, 2.45) is 5.92 Å².